The lowest BCUT2D eigenvalue weighted by molar-refractivity contribution is -0.140. The minimum Gasteiger partial charge on any atom is -0.481 e. The molecule has 0 aliphatic heterocycles. The molecule has 0 radical (unpaired) electrons. The first-order valence-corrected chi connectivity index (χ1v) is 7.36. The van der Waals surface area contributed by atoms with Gasteiger partial charge in [0.25, 0.3) is 0 Å². The number of rotatable bonds is 5. The summed E-state index contributed by atoms with van der Waals surface area (Å²) in [7, 11) is 0. The van der Waals surface area contributed by atoms with Crippen LogP contribution in [0.5, 0.6) is 0 Å². The van der Waals surface area contributed by atoms with Gasteiger partial charge in [0.05, 0.1) is 6.42 Å². The van der Waals surface area contributed by atoms with Gasteiger partial charge in [0.1, 0.15) is 11.0 Å². The van der Waals surface area contributed by atoms with E-state index in [9.17, 15) is 9.59 Å². The summed E-state index contributed by atoms with van der Waals surface area (Å²) < 4.78 is 0. The van der Waals surface area contributed by atoms with E-state index in [2.05, 4.69) is 15.3 Å². The number of nitrogens with one attached hydrogen (secondary N) is 1. The number of carboxylic acid groups (broad SMARTS) is 1. The lowest BCUT2D eigenvalue weighted by Gasteiger charge is -2.26. The predicted octanol–water partition coefficient (Wildman–Crippen LogP) is 3.15. The van der Waals surface area contributed by atoms with Crippen molar-refractivity contribution in [3.05, 3.63) is 16.5 Å². The van der Waals surface area contributed by atoms with Crippen molar-refractivity contribution in [1.29, 1.82) is 0 Å². The van der Waals surface area contributed by atoms with Crippen molar-refractivity contribution < 1.29 is 14.7 Å². The van der Waals surface area contributed by atoms with Crippen LogP contribution in [0.1, 0.15) is 38.5 Å². The molecule has 1 aliphatic rings. The Kier molecular flexibility index (Phi) is 5.00. The molecule has 0 unspecified atom stereocenters. The monoisotopic (exact) mass is 331 g/mol. The third-order valence-corrected chi connectivity index (χ3v) is 4.02. The van der Waals surface area contributed by atoms with Gasteiger partial charge in [-0.2, -0.15) is 0 Å². The Morgan fingerprint density at radius 1 is 1.24 bits per heavy atom. The molecule has 1 aromatic rings. The number of anilines is 1. The molecule has 1 saturated carbocycles. The minimum atomic E-state index is -0.877. The molecule has 1 aliphatic carbocycles. The average Bonchev–Trinajstić information content (AvgIpc) is 2.74. The summed E-state index contributed by atoms with van der Waals surface area (Å²) in [4.78, 5) is 30.7. The Morgan fingerprint density at radius 3 is 2.48 bits per heavy atom. The molecule has 2 N–H and O–H groups in total. The van der Waals surface area contributed by atoms with Gasteiger partial charge in [-0.1, -0.05) is 24.4 Å². The largest absolute Gasteiger partial charge is 0.481 e. The second kappa shape index (κ2) is 6.58. The minimum absolute atomic E-state index is 0.00566. The van der Waals surface area contributed by atoms with E-state index in [-0.39, 0.29) is 35.0 Å². The molecule has 0 aromatic carbocycles. The van der Waals surface area contributed by atoms with Crippen LogP contribution in [0, 0.1) is 5.41 Å². The summed E-state index contributed by atoms with van der Waals surface area (Å²) in [6.07, 6.45) is 3.55. The standard InChI is InChI=1S/C13H15Cl2N3O3/c14-8-5-9(18-12(15)16-8)17-10(19)6-13(7-11(20)21)3-1-2-4-13/h5H,1-4,6-7H2,(H,20,21)(H,16,17,18,19). The highest BCUT2D eigenvalue weighted by atomic mass is 35.5. The summed E-state index contributed by atoms with van der Waals surface area (Å²) in [5, 5.41) is 11.7. The van der Waals surface area contributed by atoms with E-state index < -0.39 is 11.4 Å². The Bertz CT molecular complexity index is 539. The fourth-order valence-electron chi connectivity index (χ4n) is 2.84. The van der Waals surface area contributed by atoms with Gasteiger partial charge >= 0.3 is 5.97 Å². The molecule has 21 heavy (non-hydrogen) atoms. The first-order valence-electron chi connectivity index (χ1n) is 6.60. The van der Waals surface area contributed by atoms with Gasteiger partial charge in [-0.25, -0.2) is 9.97 Å². The Hall–Kier alpha value is -1.40. The highest BCUT2D eigenvalue weighted by molar-refractivity contribution is 6.32. The fourth-order valence-corrected chi connectivity index (χ4v) is 3.25. The van der Waals surface area contributed by atoms with E-state index in [1.165, 1.54) is 6.07 Å². The second-order valence-electron chi connectivity index (χ2n) is 5.35. The highest BCUT2D eigenvalue weighted by Gasteiger charge is 2.38. The van der Waals surface area contributed by atoms with Gasteiger partial charge in [-0.15, -0.1) is 0 Å². The van der Waals surface area contributed by atoms with E-state index in [0.29, 0.717) is 0 Å². The van der Waals surface area contributed by atoms with Gasteiger partial charge in [-0.3, -0.25) is 9.59 Å². The number of aromatic nitrogens is 2. The number of carbonyl (C=O) groups excluding carboxylic acids is 1. The van der Waals surface area contributed by atoms with Crippen LogP contribution >= 0.6 is 23.2 Å². The third kappa shape index (κ3) is 4.54. The van der Waals surface area contributed by atoms with Crippen molar-refractivity contribution in [1.82, 2.24) is 9.97 Å². The molecule has 8 heteroatoms. The smallest absolute Gasteiger partial charge is 0.303 e. The Labute approximate surface area is 131 Å². The maximum atomic E-state index is 12.1. The molecule has 0 bridgehead atoms. The quantitative estimate of drug-likeness (QED) is 0.638. The zero-order chi connectivity index (χ0) is 15.5. The number of amides is 1. The van der Waals surface area contributed by atoms with E-state index in [0.717, 1.165) is 25.7 Å². The van der Waals surface area contributed by atoms with Crippen molar-refractivity contribution in [3.63, 3.8) is 0 Å². The molecule has 0 saturated heterocycles. The highest BCUT2D eigenvalue weighted by Crippen LogP contribution is 2.44. The van der Waals surface area contributed by atoms with E-state index >= 15 is 0 Å². The number of carboxylic acids is 1. The van der Waals surface area contributed by atoms with Crippen LogP contribution in [-0.2, 0) is 9.59 Å². The average molecular weight is 332 g/mol. The third-order valence-electron chi connectivity index (χ3n) is 3.66. The van der Waals surface area contributed by atoms with Gasteiger partial charge < -0.3 is 10.4 Å². The van der Waals surface area contributed by atoms with Crippen LogP contribution in [0.15, 0.2) is 6.07 Å². The first kappa shape index (κ1) is 16.0. The van der Waals surface area contributed by atoms with Gasteiger partial charge in [0.2, 0.25) is 11.2 Å². The van der Waals surface area contributed by atoms with Gasteiger partial charge in [0.15, 0.2) is 0 Å². The van der Waals surface area contributed by atoms with Crippen molar-refractivity contribution >= 4 is 40.9 Å². The van der Waals surface area contributed by atoms with Crippen LogP contribution in [0.3, 0.4) is 0 Å². The topological polar surface area (TPSA) is 92.2 Å². The molecule has 1 heterocycles. The number of hydrogen-bond donors (Lipinski definition) is 2. The van der Waals surface area contributed by atoms with Crippen molar-refractivity contribution in [2.45, 2.75) is 38.5 Å². The van der Waals surface area contributed by atoms with Crippen LogP contribution in [-0.4, -0.2) is 27.0 Å². The molecule has 1 amide bonds. The molecule has 1 aromatic heterocycles. The molecule has 1 fully saturated rings. The van der Waals surface area contributed by atoms with Gasteiger partial charge in [-0.05, 0) is 29.9 Å². The molecule has 114 valence electrons. The van der Waals surface area contributed by atoms with Crippen LogP contribution in [0.2, 0.25) is 10.4 Å². The number of hydrogen-bond acceptors (Lipinski definition) is 4. The van der Waals surface area contributed by atoms with E-state index in [4.69, 9.17) is 28.3 Å². The lowest BCUT2D eigenvalue weighted by atomic mass is 9.79. The van der Waals surface area contributed by atoms with E-state index in [1.807, 2.05) is 0 Å². The number of nitrogens with zero attached hydrogens (tertiary/aromatic N) is 2. The maximum Gasteiger partial charge on any atom is 0.303 e. The summed E-state index contributed by atoms with van der Waals surface area (Å²) in [5.74, 6) is -0.949. The second-order valence-corrected chi connectivity index (χ2v) is 6.07. The van der Waals surface area contributed by atoms with E-state index in [1.54, 1.807) is 0 Å². The summed E-state index contributed by atoms with van der Waals surface area (Å²) in [5.41, 5.74) is -0.462. The van der Waals surface area contributed by atoms with Crippen LogP contribution in [0.25, 0.3) is 0 Å². The Morgan fingerprint density at radius 2 is 1.90 bits per heavy atom. The van der Waals surface area contributed by atoms with Gasteiger partial charge in [0, 0.05) is 12.5 Å². The summed E-state index contributed by atoms with van der Waals surface area (Å²) >= 11 is 11.4. The first-order chi connectivity index (χ1) is 9.88. The molecule has 6 nitrogen and oxygen atoms in total. The van der Waals surface area contributed by atoms with Crippen LogP contribution in [0.4, 0.5) is 5.82 Å². The van der Waals surface area contributed by atoms with Crippen molar-refractivity contribution in [2.24, 2.45) is 5.41 Å². The Balaban J connectivity index is 2.04. The zero-order valence-electron chi connectivity index (χ0n) is 11.2. The maximum absolute atomic E-state index is 12.1. The summed E-state index contributed by atoms with van der Waals surface area (Å²) in [6, 6.07) is 1.39. The zero-order valence-corrected chi connectivity index (χ0v) is 12.7. The SMILES string of the molecule is O=C(O)CC1(CC(=O)Nc2cc(Cl)nc(Cl)n2)CCCC1. The van der Waals surface area contributed by atoms with Crippen molar-refractivity contribution in [3.8, 4) is 0 Å². The molecular weight excluding hydrogens is 317 g/mol. The number of halogens is 2. The summed E-state index contributed by atoms with van der Waals surface area (Å²) in [6.45, 7) is 0. The molecular formula is C13H15Cl2N3O3. The molecule has 2 rings (SSSR count). The lowest BCUT2D eigenvalue weighted by Crippen LogP contribution is -2.28. The normalized spacial score (nSPS) is 16.7. The molecule has 0 atom stereocenters. The van der Waals surface area contributed by atoms with Crippen LogP contribution < -0.4 is 5.32 Å². The number of carbonyl (C=O) groups is 2. The molecule has 0 spiro atoms. The van der Waals surface area contributed by atoms with Crippen molar-refractivity contribution in [2.75, 3.05) is 5.32 Å². The predicted molar refractivity (Wildman–Crippen MR) is 78.5 cm³/mol. The number of aliphatic carboxylic acids is 1. The fraction of sp³-hybridized carbons (Fsp3) is 0.538.